The summed E-state index contributed by atoms with van der Waals surface area (Å²) < 4.78 is 1.13. The number of hydrogen-bond donors (Lipinski definition) is 1. The van der Waals surface area contributed by atoms with Crippen molar-refractivity contribution < 1.29 is 0 Å². The molecule has 1 unspecified atom stereocenters. The number of benzene rings is 1. The van der Waals surface area contributed by atoms with Crippen LogP contribution in [0.25, 0.3) is 0 Å². The van der Waals surface area contributed by atoms with E-state index in [2.05, 4.69) is 59.8 Å². The molecule has 1 aromatic rings. The van der Waals surface area contributed by atoms with Gasteiger partial charge in [0, 0.05) is 29.3 Å². The lowest BCUT2D eigenvalue weighted by atomic mass is 10.1. The van der Waals surface area contributed by atoms with Gasteiger partial charge in [-0.25, -0.2) is 0 Å². The van der Waals surface area contributed by atoms with Gasteiger partial charge >= 0.3 is 0 Å². The van der Waals surface area contributed by atoms with Crippen molar-refractivity contribution in [3.63, 3.8) is 0 Å². The van der Waals surface area contributed by atoms with Crippen LogP contribution in [0, 0.1) is 6.92 Å². The van der Waals surface area contributed by atoms with E-state index in [-0.39, 0.29) is 0 Å². The van der Waals surface area contributed by atoms with Crippen LogP contribution < -0.4 is 10.6 Å². The van der Waals surface area contributed by atoms with Crippen LogP contribution in [0.2, 0.25) is 0 Å². The first kappa shape index (κ1) is 12.5. The zero-order chi connectivity index (χ0) is 11.4. The summed E-state index contributed by atoms with van der Waals surface area (Å²) in [6.07, 6.45) is 0. The molecule has 0 aliphatic carbocycles. The molecule has 0 aromatic heterocycles. The molecule has 0 aliphatic heterocycles. The van der Waals surface area contributed by atoms with Crippen molar-refractivity contribution in [3.05, 3.63) is 28.2 Å². The number of likely N-dealkylation sites (N-methyl/N-ethyl adjacent to an activating group) is 1. The van der Waals surface area contributed by atoms with Gasteiger partial charge in [-0.1, -0.05) is 15.9 Å². The van der Waals surface area contributed by atoms with E-state index in [0.717, 1.165) is 11.0 Å². The maximum Gasteiger partial charge on any atom is 0.0399 e. The van der Waals surface area contributed by atoms with E-state index in [4.69, 9.17) is 5.73 Å². The topological polar surface area (TPSA) is 29.3 Å². The number of rotatable bonds is 4. The highest BCUT2D eigenvalue weighted by Crippen LogP contribution is 2.25. The number of nitrogens with zero attached hydrogens (tertiary/aromatic N) is 1. The maximum absolute atomic E-state index is 5.71. The van der Waals surface area contributed by atoms with Crippen LogP contribution >= 0.6 is 15.9 Å². The Bertz CT molecular complexity index is 325. The van der Waals surface area contributed by atoms with E-state index in [0.29, 0.717) is 12.6 Å². The summed E-state index contributed by atoms with van der Waals surface area (Å²) in [5.74, 6) is 0. The van der Waals surface area contributed by atoms with Gasteiger partial charge in [0.15, 0.2) is 0 Å². The smallest absolute Gasteiger partial charge is 0.0399 e. The summed E-state index contributed by atoms with van der Waals surface area (Å²) in [5, 5.41) is 0. The van der Waals surface area contributed by atoms with Crippen molar-refractivity contribution in [2.45, 2.75) is 26.8 Å². The second-order valence-corrected chi connectivity index (χ2v) is 4.72. The highest BCUT2D eigenvalue weighted by atomic mass is 79.9. The summed E-state index contributed by atoms with van der Waals surface area (Å²) >= 11 is 3.48. The van der Waals surface area contributed by atoms with E-state index < -0.39 is 0 Å². The molecule has 3 heteroatoms. The van der Waals surface area contributed by atoms with Gasteiger partial charge in [-0.05, 0) is 44.5 Å². The Balaban J connectivity index is 3.01. The molecule has 15 heavy (non-hydrogen) atoms. The predicted molar refractivity (Wildman–Crippen MR) is 70.4 cm³/mol. The zero-order valence-corrected chi connectivity index (χ0v) is 11.2. The highest BCUT2D eigenvalue weighted by Gasteiger charge is 2.12. The third kappa shape index (κ3) is 2.95. The van der Waals surface area contributed by atoms with E-state index >= 15 is 0 Å². The predicted octanol–water partition coefficient (Wildman–Crippen LogP) is 2.93. The molecule has 1 atom stereocenters. The molecule has 0 amide bonds. The van der Waals surface area contributed by atoms with E-state index in [1.807, 2.05) is 0 Å². The van der Waals surface area contributed by atoms with Crippen LogP contribution in [0.3, 0.4) is 0 Å². The molecule has 0 heterocycles. The monoisotopic (exact) mass is 270 g/mol. The van der Waals surface area contributed by atoms with Gasteiger partial charge in [0.2, 0.25) is 0 Å². The highest BCUT2D eigenvalue weighted by molar-refractivity contribution is 9.10. The van der Waals surface area contributed by atoms with Crippen molar-refractivity contribution in [2.75, 3.05) is 18.0 Å². The molecule has 0 spiro atoms. The number of aryl methyl sites for hydroxylation is 1. The molecular formula is C12H19BrN2. The minimum Gasteiger partial charge on any atom is -0.368 e. The average molecular weight is 271 g/mol. The molecule has 1 rings (SSSR count). The molecule has 1 aromatic carbocycles. The summed E-state index contributed by atoms with van der Waals surface area (Å²) in [7, 11) is 0. The molecular weight excluding hydrogens is 252 g/mol. The van der Waals surface area contributed by atoms with Gasteiger partial charge in [0.1, 0.15) is 0 Å². The second kappa shape index (κ2) is 5.52. The van der Waals surface area contributed by atoms with Crippen LogP contribution in [0.1, 0.15) is 19.4 Å². The molecule has 84 valence electrons. The van der Waals surface area contributed by atoms with Crippen molar-refractivity contribution in [2.24, 2.45) is 5.73 Å². The fourth-order valence-electron chi connectivity index (χ4n) is 1.79. The first-order valence-electron chi connectivity index (χ1n) is 5.33. The standard InChI is InChI=1S/C12H19BrN2/c1-4-15(10(3)8-14)12-6-5-11(13)7-9(12)2/h5-7,10H,4,8,14H2,1-3H3. The van der Waals surface area contributed by atoms with E-state index in [1.54, 1.807) is 0 Å². The van der Waals surface area contributed by atoms with Gasteiger partial charge in [0.05, 0.1) is 0 Å². The largest absolute Gasteiger partial charge is 0.368 e. The number of nitrogens with two attached hydrogens (primary N) is 1. The third-order valence-corrected chi connectivity index (χ3v) is 3.18. The summed E-state index contributed by atoms with van der Waals surface area (Å²) in [4.78, 5) is 2.34. The second-order valence-electron chi connectivity index (χ2n) is 3.80. The van der Waals surface area contributed by atoms with Gasteiger partial charge in [0.25, 0.3) is 0 Å². The molecule has 0 radical (unpaired) electrons. The Labute approximate surface area is 101 Å². The average Bonchev–Trinajstić information content (AvgIpc) is 2.21. The minimum atomic E-state index is 0.384. The van der Waals surface area contributed by atoms with Crippen molar-refractivity contribution >= 4 is 21.6 Å². The van der Waals surface area contributed by atoms with Gasteiger partial charge in [-0.15, -0.1) is 0 Å². The minimum absolute atomic E-state index is 0.384. The quantitative estimate of drug-likeness (QED) is 0.912. The van der Waals surface area contributed by atoms with Crippen molar-refractivity contribution in [1.82, 2.24) is 0 Å². The van der Waals surface area contributed by atoms with Crippen LogP contribution in [0.15, 0.2) is 22.7 Å². The fraction of sp³-hybridized carbons (Fsp3) is 0.500. The molecule has 2 N–H and O–H groups in total. The maximum atomic E-state index is 5.71. The molecule has 0 aliphatic rings. The third-order valence-electron chi connectivity index (χ3n) is 2.68. The molecule has 2 nitrogen and oxygen atoms in total. The Hall–Kier alpha value is -0.540. The Kier molecular flexibility index (Phi) is 4.61. The van der Waals surface area contributed by atoms with Crippen LogP contribution in [0.4, 0.5) is 5.69 Å². The first-order chi connectivity index (χ1) is 7.10. The molecule has 0 bridgehead atoms. The van der Waals surface area contributed by atoms with Gasteiger partial charge < -0.3 is 10.6 Å². The van der Waals surface area contributed by atoms with Crippen LogP contribution in [0.5, 0.6) is 0 Å². The van der Waals surface area contributed by atoms with Gasteiger partial charge in [-0.2, -0.15) is 0 Å². The fourth-order valence-corrected chi connectivity index (χ4v) is 2.26. The first-order valence-corrected chi connectivity index (χ1v) is 6.12. The summed E-state index contributed by atoms with van der Waals surface area (Å²) in [6.45, 7) is 8.12. The molecule has 0 saturated carbocycles. The number of halogens is 1. The SMILES string of the molecule is CCN(c1ccc(Br)cc1C)C(C)CN. The molecule has 0 fully saturated rings. The van der Waals surface area contributed by atoms with Crippen molar-refractivity contribution in [1.29, 1.82) is 0 Å². The lowest BCUT2D eigenvalue weighted by Gasteiger charge is -2.30. The van der Waals surface area contributed by atoms with Crippen LogP contribution in [-0.4, -0.2) is 19.1 Å². The lowest BCUT2D eigenvalue weighted by molar-refractivity contribution is 0.656. The van der Waals surface area contributed by atoms with Crippen LogP contribution in [-0.2, 0) is 0 Å². The number of anilines is 1. The Morgan fingerprint density at radius 3 is 2.60 bits per heavy atom. The van der Waals surface area contributed by atoms with Crippen molar-refractivity contribution in [3.8, 4) is 0 Å². The summed E-state index contributed by atoms with van der Waals surface area (Å²) in [6, 6.07) is 6.75. The summed E-state index contributed by atoms with van der Waals surface area (Å²) in [5.41, 5.74) is 8.28. The van der Waals surface area contributed by atoms with E-state index in [1.165, 1.54) is 11.3 Å². The normalized spacial score (nSPS) is 12.6. The lowest BCUT2D eigenvalue weighted by Crippen LogP contribution is -2.38. The Morgan fingerprint density at radius 1 is 1.47 bits per heavy atom. The zero-order valence-electron chi connectivity index (χ0n) is 9.63. The number of hydrogen-bond acceptors (Lipinski definition) is 2. The Morgan fingerprint density at radius 2 is 2.13 bits per heavy atom. The van der Waals surface area contributed by atoms with Gasteiger partial charge in [-0.3, -0.25) is 0 Å². The van der Waals surface area contributed by atoms with E-state index in [9.17, 15) is 0 Å². The molecule has 0 saturated heterocycles.